The first-order valence-corrected chi connectivity index (χ1v) is 9.49. The number of aryl methyl sites for hydroxylation is 2. The average Bonchev–Trinajstić information content (AvgIpc) is 3.03. The SMILES string of the molecule is CN=C(NCCC1=CCOCC1)NCc1ccccc1-n1nc(C)cc1C. The molecule has 3 rings (SSSR count). The van der Waals surface area contributed by atoms with Crippen molar-refractivity contribution >= 4 is 5.96 Å². The summed E-state index contributed by atoms with van der Waals surface area (Å²) < 4.78 is 7.35. The second-order valence-electron chi connectivity index (χ2n) is 6.76. The number of benzene rings is 1. The number of aliphatic imine (C=N–C) groups is 1. The predicted molar refractivity (Wildman–Crippen MR) is 109 cm³/mol. The molecule has 1 aromatic heterocycles. The number of hydrogen-bond acceptors (Lipinski definition) is 3. The second kappa shape index (κ2) is 9.37. The highest BCUT2D eigenvalue weighted by Crippen LogP contribution is 2.17. The van der Waals surface area contributed by atoms with Crippen LogP contribution in [0.15, 0.2) is 47.0 Å². The van der Waals surface area contributed by atoms with Crippen LogP contribution in [-0.2, 0) is 11.3 Å². The van der Waals surface area contributed by atoms with Gasteiger partial charge in [-0.3, -0.25) is 4.99 Å². The second-order valence-corrected chi connectivity index (χ2v) is 6.76. The molecule has 0 unspecified atom stereocenters. The van der Waals surface area contributed by atoms with Gasteiger partial charge >= 0.3 is 0 Å². The van der Waals surface area contributed by atoms with Gasteiger partial charge in [-0.15, -0.1) is 0 Å². The molecule has 0 bridgehead atoms. The summed E-state index contributed by atoms with van der Waals surface area (Å²) in [6.45, 7) is 7.22. The van der Waals surface area contributed by atoms with Gasteiger partial charge in [0.05, 0.1) is 24.6 Å². The number of guanidine groups is 1. The summed E-state index contributed by atoms with van der Waals surface area (Å²) in [6.07, 6.45) is 4.24. The Morgan fingerprint density at radius 1 is 1.26 bits per heavy atom. The lowest BCUT2D eigenvalue weighted by atomic mass is 10.1. The van der Waals surface area contributed by atoms with Crippen LogP contribution in [0, 0.1) is 13.8 Å². The Balaban J connectivity index is 1.58. The van der Waals surface area contributed by atoms with Gasteiger partial charge in [0, 0.05) is 25.8 Å². The molecule has 0 spiro atoms. The standard InChI is InChI=1S/C21H29N5O/c1-16-14-17(2)26(25-16)20-7-5-4-6-19(20)15-24-21(22-3)23-11-8-18-9-12-27-13-10-18/h4-7,9,14H,8,10-13,15H2,1-3H3,(H2,22,23,24). The van der Waals surface area contributed by atoms with E-state index >= 15 is 0 Å². The summed E-state index contributed by atoms with van der Waals surface area (Å²) in [4.78, 5) is 4.34. The molecular weight excluding hydrogens is 338 g/mol. The fourth-order valence-electron chi connectivity index (χ4n) is 3.27. The van der Waals surface area contributed by atoms with Gasteiger partial charge in [0.25, 0.3) is 0 Å². The first kappa shape index (κ1) is 19.2. The lowest BCUT2D eigenvalue weighted by molar-refractivity contribution is 0.153. The van der Waals surface area contributed by atoms with Crippen molar-refractivity contribution < 1.29 is 4.74 Å². The molecule has 1 aromatic carbocycles. The molecule has 0 amide bonds. The van der Waals surface area contributed by atoms with E-state index in [1.807, 2.05) is 17.7 Å². The highest BCUT2D eigenvalue weighted by molar-refractivity contribution is 5.79. The number of aromatic nitrogens is 2. The molecule has 0 saturated heterocycles. The first-order chi connectivity index (χ1) is 13.2. The fourth-order valence-corrected chi connectivity index (χ4v) is 3.27. The molecule has 6 nitrogen and oxygen atoms in total. The zero-order chi connectivity index (χ0) is 19.1. The van der Waals surface area contributed by atoms with Crippen LogP contribution in [0.3, 0.4) is 0 Å². The van der Waals surface area contributed by atoms with E-state index in [1.165, 1.54) is 11.1 Å². The minimum Gasteiger partial charge on any atom is -0.377 e. The molecule has 2 heterocycles. The zero-order valence-corrected chi connectivity index (χ0v) is 16.5. The maximum atomic E-state index is 5.35. The third kappa shape index (κ3) is 5.20. The van der Waals surface area contributed by atoms with Crippen LogP contribution in [0.5, 0.6) is 0 Å². The highest BCUT2D eigenvalue weighted by Gasteiger charge is 2.09. The Hall–Kier alpha value is -2.60. The molecular formula is C21H29N5O. The lowest BCUT2D eigenvalue weighted by Gasteiger charge is -2.16. The van der Waals surface area contributed by atoms with E-state index < -0.39 is 0 Å². The van der Waals surface area contributed by atoms with E-state index in [2.05, 4.69) is 58.0 Å². The van der Waals surface area contributed by atoms with Crippen LogP contribution in [0.1, 0.15) is 29.8 Å². The Kier molecular flexibility index (Phi) is 6.65. The monoisotopic (exact) mass is 367 g/mol. The van der Waals surface area contributed by atoms with Crippen molar-refractivity contribution in [3.8, 4) is 5.69 Å². The summed E-state index contributed by atoms with van der Waals surface area (Å²) in [6, 6.07) is 10.4. The number of nitrogens with zero attached hydrogens (tertiary/aromatic N) is 3. The Labute approximate surface area is 161 Å². The van der Waals surface area contributed by atoms with Crippen molar-refractivity contribution in [2.75, 3.05) is 26.8 Å². The molecule has 2 N–H and O–H groups in total. The summed E-state index contributed by atoms with van der Waals surface area (Å²) in [5, 5.41) is 11.4. The summed E-state index contributed by atoms with van der Waals surface area (Å²) in [5.74, 6) is 0.811. The number of para-hydroxylation sites is 1. The van der Waals surface area contributed by atoms with E-state index in [9.17, 15) is 0 Å². The van der Waals surface area contributed by atoms with E-state index in [4.69, 9.17) is 4.74 Å². The molecule has 1 aliphatic rings. The minimum absolute atomic E-state index is 0.685. The quantitative estimate of drug-likeness (QED) is 0.468. The van der Waals surface area contributed by atoms with Crippen LogP contribution in [0.2, 0.25) is 0 Å². The summed E-state index contributed by atoms with van der Waals surface area (Å²) in [5.41, 5.74) is 5.89. The third-order valence-electron chi connectivity index (χ3n) is 4.70. The predicted octanol–water partition coefficient (Wildman–Crippen LogP) is 2.89. The minimum atomic E-state index is 0.685. The Morgan fingerprint density at radius 2 is 2.11 bits per heavy atom. The highest BCUT2D eigenvalue weighted by atomic mass is 16.5. The Bertz CT molecular complexity index is 822. The van der Waals surface area contributed by atoms with E-state index in [0.29, 0.717) is 6.54 Å². The van der Waals surface area contributed by atoms with Crippen LogP contribution >= 0.6 is 0 Å². The molecule has 6 heteroatoms. The van der Waals surface area contributed by atoms with Gasteiger partial charge in [0.2, 0.25) is 0 Å². The summed E-state index contributed by atoms with van der Waals surface area (Å²) in [7, 11) is 1.80. The van der Waals surface area contributed by atoms with E-state index in [-0.39, 0.29) is 0 Å². The van der Waals surface area contributed by atoms with E-state index in [0.717, 1.165) is 55.6 Å². The first-order valence-electron chi connectivity index (χ1n) is 9.49. The molecule has 2 aromatic rings. The van der Waals surface area contributed by atoms with Crippen LogP contribution in [-0.4, -0.2) is 42.5 Å². The number of nitrogens with one attached hydrogen (secondary N) is 2. The van der Waals surface area contributed by atoms with Gasteiger partial charge in [-0.1, -0.05) is 29.8 Å². The van der Waals surface area contributed by atoms with Crippen molar-refractivity contribution in [2.45, 2.75) is 33.2 Å². The average molecular weight is 367 g/mol. The lowest BCUT2D eigenvalue weighted by Crippen LogP contribution is -2.37. The molecule has 144 valence electrons. The molecule has 0 atom stereocenters. The molecule has 0 saturated carbocycles. The van der Waals surface area contributed by atoms with Crippen molar-refractivity contribution in [3.05, 3.63) is 58.9 Å². The van der Waals surface area contributed by atoms with Crippen molar-refractivity contribution in [1.82, 2.24) is 20.4 Å². The number of rotatable bonds is 6. The number of hydrogen-bond donors (Lipinski definition) is 2. The maximum Gasteiger partial charge on any atom is 0.191 e. The zero-order valence-electron chi connectivity index (χ0n) is 16.5. The van der Waals surface area contributed by atoms with Gasteiger partial charge in [-0.2, -0.15) is 5.10 Å². The molecule has 27 heavy (non-hydrogen) atoms. The maximum absolute atomic E-state index is 5.35. The van der Waals surface area contributed by atoms with Crippen molar-refractivity contribution in [2.24, 2.45) is 4.99 Å². The topological polar surface area (TPSA) is 63.5 Å². The third-order valence-corrected chi connectivity index (χ3v) is 4.70. The summed E-state index contributed by atoms with van der Waals surface area (Å²) >= 11 is 0. The van der Waals surface area contributed by atoms with Crippen LogP contribution in [0.25, 0.3) is 5.69 Å². The largest absolute Gasteiger partial charge is 0.377 e. The smallest absolute Gasteiger partial charge is 0.191 e. The fraction of sp³-hybridized carbons (Fsp3) is 0.429. The van der Waals surface area contributed by atoms with Crippen LogP contribution < -0.4 is 10.6 Å². The van der Waals surface area contributed by atoms with Crippen LogP contribution in [0.4, 0.5) is 0 Å². The van der Waals surface area contributed by atoms with Gasteiger partial charge < -0.3 is 15.4 Å². The van der Waals surface area contributed by atoms with E-state index in [1.54, 1.807) is 7.05 Å². The number of ether oxygens (including phenoxy) is 1. The normalized spacial score (nSPS) is 14.8. The van der Waals surface area contributed by atoms with Gasteiger partial charge in [-0.05, 0) is 44.4 Å². The van der Waals surface area contributed by atoms with Gasteiger partial charge in [0.1, 0.15) is 0 Å². The molecule has 0 radical (unpaired) electrons. The molecule has 1 aliphatic heterocycles. The van der Waals surface area contributed by atoms with Gasteiger partial charge in [-0.25, -0.2) is 4.68 Å². The van der Waals surface area contributed by atoms with Crippen molar-refractivity contribution in [3.63, 3.8) is 0 Å². The van der Waals surface area contributed by atoms with Gasteiger partial charge in [0.15, 0.2) is 5.96 Å². The molecule has 0 aliphatic carbocycles. The Morgan fingerprint density at radius 3 is 2.81 bits per heavy atom. The van der Waals surface area contributed by atoms with Crippen molar-refractivity contribution in [1.29, 1.82) is 0 Å². The molecule has 0 fully saturated rings.